The Labute approximate surface area is 98.3 Å². The number of amides is 3. The summed E-state index contributed by atoms with van der Waals surface area (Å²) >= 11 is 0. The maximum Gasteiger partial charge on any atom is 0.242 e. The van der Waals surface area contributed by atoms with Crippen molar-refractivity contribution in [1.82, 2.24) is 10.2 Å². The molecular weight excluding hydrogens is 226 g/mol. The van der Waals surface area contributed by atoms with Crippen LogP contribution in [-0.2, 0) is 19.1 Å². The van der Waals surface area contributed by atoms with Crippen molar-refractivity contribution in [3.63, 3.8) is 0 Å². The van der Waals surface area contributed by atoms with Crippen LogP contribution in [0.1, 0.15) is 6.42 Å². The fourth-order valence-electron chi connectivity index (χ4n) is 2.12. The number of rotatable bonds is 2. The predicted molar refractivity (Wildman–Crippen MR) is 56.6 cm³/mol. The minimum absolute atomic E-state index is 0.132. The number of primary amides is 1. The fraction of sp³-hybridized carbons (Fsp3) is 0.700. The summed E-state index contributed by atoms with van der Waals surface area (Å²) < 4.78 is 5.13. The Morgan fingerprint density at radius 1 is 1.47 bits per heavy atom. The van der Waals surface area contributed by atoms with Crippen molar-refractivity contribution in [1.29, 1.82) is 0 Å². The molecule has 2 heterocycles. The minimum Gasteiger partial charge on any atom is -0.377 e. The summed E-state index contributed by atoms with van der Waals surface area (Å²) in [5, 5.41) is 2.60. The quantitative estimate of drug-likeness (QED) is 0.574. The van der Waals surface area contributed by atoms with Gasteiger partial charge in [0.2, 0.25) is 17.7 Å². The van der Waals surface area contributed by atoms with Gasteiger partial charge in [0.1, 0.15) is 6.04 Å². The lowest BCUT2D eigenvalue weighted by atomic mass is 10.1. The van der Waals surface area contributed by atoms with Gasteiger partial charge >= 0.3 is 0 Å². The first-order valence-corrected chi connectivity index (χ1v) is 5.54. The molecule has 0 saturated carbocycles. The Balaban J connectivity index is 2.06. The van der Waals surface area contributed by atoms with E-state index in [4.69, 9.17) is 10.5 Å². The van der Waals surface area contributed by atoms with E-state index in [9.17, 15) is 14.4 Å². The first kappa shape index (κ1) is 11.8. The topological polar surface area (TPSA) is 102 Å². The average molecular weight is 241 g/mol. The Hall–Kier alpha value is -1.63. The Bertz CT molecular complexity index is 357. The van der Waals surface area contributed by atoms with Crippen LogP contribution in [0.3, 0.4) is 0 Å². The molecule has 3 N–H and O–H groups in total. The smallest absolute Gasteiger partial charge is 0.242 e. The van der Waals surface area contributed by atoms with Crippen LogP contribution < -0.4 is 11.1 Å². The van der Waals surface area contributed by atoms with Crippen LogP contribution in [0.4, 0.5) is 0 Å². The summed E-state index contributed by atoms with van der Waals surface area (Å²) in [5.41, 5.74) is 5.23. The van der Waals surface area contributed by atoms with E-state index in [-0.39, 0.29) is 30.8 Å². The molecule has 3 amide bonds. The normalized spacial score (nSPS) is 28.9. The molecule has 0 aromatic carbocycles. The highest BCUT2D eigenvalue weighted by atomic mass is 16.5. The minimum atomic E-state index is -0.716. The molecule has 17 heavy (non-hydrogen) atoms. The SMILES string of the molecule is NC(=O)C1COCCN1C(=O)C1CNC(=O)C1. The summed E-state index contributed by atoms with van der Waals surface area (Å²) in [4.78, 5) is 35.8. The molecule has 2 aliphatic heterocycles. The highest BCUT2D eigenvalue weighted by Gasteiger charge is 2.37. The van der Waals surface area contributed by atoms with E-state index in [0.29, 0.717) is 19.7 Å². The first-order chi connectivity index (χ1) is 8.09. The van der Waals surface area contributed by atoms with Crippen LogP contribution in [0, 0.1) is 5.92 Å². The van der Waals surface area contributed by atoms with Crippen LogP contribution in [0.2, 0.25) is 0 Å². The van der Waals surface area contributed by atoms with Crippen molar-refractivity contribution in [3.8, 4) is 0 Å². The van der Waals surface area contributed by atoms with Gasteiger partial charge in [-0.25, -0.2) is 0 Å². The van der Waals surface area contributed by atoms with E-state index in [0.717, 1.165) is 0 Å². The molecule has 0 bridgehead atoms. The number of nitrogens with two attached hydrogens (primary N) is 1. The van der Waals surface area contributed by atoms with Crippen LogP contribution >= 0.6 is 0 Å². The molecule has 2 atom stereocenters. The van der Waals surface area contributed by atoms with Crippen LogP contribution in [-0.4, -0.2) is 55.0 Å². The van der Waals surface area contributed by atoms with Gasteiger partial charge in [0.15, 0.2) is 0 Å². The lowest BCUT2D eigenvalue weighted by molar-refractivity contribution is -0.150. The van der Waals surface area contributed by atoms with E-state index in [1.165, 1.54) is 4.90 Å². The number of carbonyl (C=O) groups excluding carboxylic acids is 3. The number of morpholine rings is 1. The number of nitrogens with one attached hydrogen (secondary N) is 1. The molecule has 0 aromatic heterocycles. The first-order valence-electron chi connectivity index (χ1n) is 5.54. The van der Waals surface area contributed by atoms with E-state index in [1.807, 2.05) is 0 Å². The Morgan fingerprint density at radius 2 is 2.24 bits per heavy atom. The molecule has 0 aliphatic carbocycles. The van der Waals surface area contributed by atoms with Crippen LogP contribution in [0.5, 0.6) is 0 Å². The van der Waals surface area contributed by atoms with Crippen molar-refractivity contribution >= 4 is 17.7 Å². The molecule has 2 unspecified atom stereocenters. The van der Waals surface area contributed by atoms with Gasteiger partial charge in [0.05, 0.1) is 19.1 Å². The van der Waals surface area contributed by atoms with Crippen molar-refractivity contribution in [3.05, 3.63) is 0 Å². The zero-order chi connectivity index (χ0) is 12.4. The lowest BCUT2D eigenvalue weighted by Crippen LogP contribution is -2.56. The van der Waals surface area contributed by atoms with E-state index >= 15 is 0 Å². The largest absolute Gasteiger partial charge is 0.377 e. The van der Waals surface area contributed by atoms with Crippen molar-refractivity contribution in [2.45, 2.75) is 12.5 Å². The highest BCUT2D eigenvalue weighted by molar-refractivity contribution is 5.92. The summed E-state index contributed by atoms with van der Waals surface area (Å²) in [7, 11) is 0. The van der Waals surface area contributed by atoms with Crippen molar-refractivity contribution < 1.29 is 19.1 Å². The average Bonchev–Trinajstić information content (AvgIpc) is 2.75. The molecule has 7 nitrogen and oxygen atoms in total. The van der Waals surface area contributed by atoms with Crippen molar-refractivity contribution in [2.24, 2.45) is 11.7 Å². The van der Waals surface area contributed by atoms with Gasteiger partial charge in [-0.05, 0) is 0 Å². The zero-order valence-corrected chi connectivity index (χ0v) is 9.35. The van der Waals surface area contributed by atoms with Crippen LogP contribution in [0.25, 0.3) is 0 Å². The Morgan fingerprint density at radius 3 is 2.82 bits per heavy atom. The molecule has 2 saturated heterocycles. The molecule has 0 spiro atoms. The van der Waals surface area contributed by atoms with Gasteiger partial charge in [0, 0.05) is 19.5 Å². The summed E-state index contributed by atoms with van der Waals surface area (Å²) in [6, 6.07) is -0.716. The Kier molecular flexibility index (Phi) is 3.28. The number of hydrogen-bond donors (Lipinski definition) is 2. The highest BCUT2D eigenvalue weighted by Crippen LogP contribution is 2.16. The third-order valence-corrected chi connectivity index (χ3v) is 3.07. The van der Waals surface area contributed by atoms with Crippen molar-refractivity contribution in [2.75, 3.05) is 26.3 Å². The monoisotopic (exact) mass is 241 g/mol. The third kappa shape index (κ3) is 2.38. The van der Waals surface area contributed by atoms with Gasteiger partial charge in [-0.1, -0.05) is 0 Å². The van der Waals surface area contributed by atoms with Gasteiger partial charge in [-0.2, -0.15) is 0 Å². The molecule has 7 heteroatoms. The molecule has 94 valence electrons. The molecule has 0 aromatic rings. The second-order valence-corrected chi connectivity index (χ2v) is 4.23. The number of ether oxygens (including phenoxy) is 1. The maximum absolute atomic E-state index is 12.1. The molecule has 2 rings (SSSR count). The maximum atomic E-state index is 12.1. The fourth-order valence-corrected chi connectivity index (χ4v) is 2.12. The third-order valence-electron chi connectivity index (χ3n) is 3.07. The molecule has 2 fully saturated rings. The number of hydrogen-bond acceptors (Lipinski definition) is 4. The van der Waals surface area contributed by atoms with E-state index < -0.39 is 11.9 Å². The number of carbonyl (C=O) groups is 3. The number of nitrogens with zero attached hydrogens (tertiary/aromatic N) is 1. The molecule has 2 aliphatic rings. The van der Waals surface area contributed by atoms with E-state index in [1.54, 1.807) is 0 Å². The summed E-state index contributed by atoms with van der Waals surface area (Å²) in [5.74, 6) is -1.29. The van der Waals surface area contributed by atoms with Crippen LogP contribution in [0.15, 0.2) is 0 Å². The van der Waals surface area contributed by atoms with Gasteiger partial charge in [0.25, 0.3) is 0 Å². The predicted octanol–water partition coefficient (Wildman–Crippen LogP) is -2.16. The standard InChI is InChI=1S/C10H15N3O4/c11-9(15)7-5-17-2-1-13(7)10(16)6-3-8(14)12-4-6/h6-7H,1-5H2,(H2,11,15)(H,12,14). The second kappa shape index (κ2) is 4.70. The lowest BCUT2D eigenvalue weighted by Gasteiger charge is -2.34. The second-order valence-electron chi connectivity index (χ2n) is 4.23. The van der Waals surface area contributed by atoms with E-state index in [2.05, 4.69) is 5.32 Å². The molecule has 0 radical (unpaired) electrons. The van der Waals surface area contributed by atoms with Gasteiger partial charge < -0.3 is 20.7 Å². The van der Waals surface area contributed by atoms with Gasteiger partial charge in [-0.3, -0.25) is 14.4 Å². The summed E-state index contributed by atoms with van der Waals surface area (Å²) in [6.45, 7) is 1.20. The van der Waals surface area contributed by atoms with Gasteiger partial charge in [-0.15, -0.1) is 0 Å². The zero-order valence-electron chi connectivity index (χ0n) is 9.35. The molecular formula is C10H15N3O4. The summed E-state index contributed by atoms with van der Waals surface area (Å²) in [6.07, 6.45) is 0.182.